The highest BCUT2D eigenvalue weighted by Gasteiger charge is 2.36. The Kier molecular flexibility index (Phi) is 2.95. The third kappa shape index (κ3) is 1.72. The third-order valence-corrected chi connectivity index (χ3v) is 3.93. The molecule has 0 radical (unpaired) electrons. The molecule has 5 heteroatoms. The van der Waals surface area contributed by atoms with Crippen molar-refractivity contribution in [1.82, 2.24) is 0 Å². The number of aryl methyl sites for hydroxylation is 1. The van der Waals surface area contributed by atoms with Gasteiger partial charge in [-0.3, -0.25) is 9.59 Å². The average molecular weight is 298 g/mol. The lowest BCUT2D eigenvalue weighted by atomic mass is 9.81. The average Bonchev–Trinajstić information content (AvgIpc) is 2.46. The van der Waals surface area contributed by atoms with E-state index in [0.29, 0.717) is 16.9 Å². The summed E-state index contributed by atoms with van der Waals surface area (Å²) in [6.07, 6.45) is 0. The number of methoxy groups -OCH3 is 1. The van der Waals surface area contributed by atoms with Gasteiger partial charge in [0.05, 0.1) is 18.2 Å². The Morgan fingerprint density at radius 2 is 1.55 bits per heavy atom. The number of phenols is 2. The van der Waals surface area contributed by atoms with E-state index in [9.17, 15) is 19.8 Å². The molecule has 2 aromatic rings. The number of phenolic OH excluding ortho intramolecular Hbond substituents is 2. The van der Waals surface area contributed by atoms with Crippen LogP contribution in [0.4, 0.5) is 0 Å². The van der Waals surface area contributed by atoms with Crippen LogP contribution < -0.4 is 4.74 Å². The molecule has 22 heavy (non-hydrogen) atoms. The molecule has 112 valence electrons. The number of ketones is 2. The number of aromatic hydroxyl groups is 2. The number of fused-ring (bicyclic) bond motifs is 2. The van der Waals surface area contributed by atoms with Crippen molar-refractivity contribution < 1.29 is 24.5 Å². The number of rotatable bonds is 1. The quantitative estimate of drug-likeness (QED) is 0.721. The predicted octanol–water partition coefficient (Wildman–Crippen LogP) is 2.50. The van der Waals surface area contributed by atoms with Crippen LogP contribution >= 0.6 is 0 Å². The van der Waals surface area contributed by atoms with E-state index >= 15 is 0 Å². The second-order valence-corrected chi connectivity index (χ2v) is 5.34. The Labute approximate surface area is 126 Å². The number of benzene rings is 2. The molecule has 0 aromatic heterocycles. The largest absolute Gasteiger partial charge is 0.507 e. The second kappa shape index (κ2) is 4.59. The fourth-order valence-corrected chi connectivity index (χ4v) is 2.82. The summed E-state index contributed by atoms with van der Waals surface area (Å²) in [6.45, 7) is 3.32. The lowest BCUT2D eigenvalue weighted by Gasteiger charge is -2.21. The van der Waals surface area contributed by atoms with Gasteiger partial charge in [-0.15, -0.1) is 0 Å². The molecular weight excluding hydrogens is 284 g/mol. The first kappa shape index (κ1) is 14.1. The molecule has 0 saturated carbocycles. The van der Waals surface area contributed by atoms with Crippen molar-refractivity contribution in [1.29, 1.82) is 0 Å². The monoisotopic (exact) mass is 298 g/mol. The second-order valence-electron chi connectivity index (χ2n) is 5.34. The molecule has 1 aliphatic rings. The fourth-order valence-electron chi connectivity index (χ4n) is 2.82. The van der Waals surface area contributed by atoms with Crippen molar-refractivity contribution in [2.75, 3.05) is 7.11 Å². The van der Waals surface area contributed by atoms with E-state index < -0.39 is 11.6 Å². The first-order valence-electron chi connectivity index (χ1n) is 6.70. The van der Waals surface area contributed by atoms with E-state index in [4.69, 9.17) is 4.74 Å². The van der Waals surface area contributed by atoms with Gasteiger partial charge < -0.3 is 14.9 Å². The van der Waals surface area contributed by atoms with E-state index in [1.165, 1.54) is 19.2 Å². The van der Waals surface area contributed by atoms with Gasteiger partial charge in [-0.25, -0.2) is 0 Å². The van der Waals surface area contributed by atoms with Crippen LogP contribution in [0.15, 0.2) is 18.2 Å². The number of hydrogen-bond donors (Lipinski definition) is 2. The first-order valence-corrected chi connectivity index (χ1v) is 6.70. The van der Waals surface area contributed by atoms with Gasteiger partial charge in [0.25, 0.3) is 0 Å². The van der Waals surface area contributed by atoms with Crippen LogP contribution in [0.2, 0.25) is 0 Å². The number of carbonyl (C=O) groups excluding carboxylic acids is 2. The van der Waals surface area contributed by atoms with Crippen LogP contribution in [-0.2, 0) is 0 Å². The van der Waals surface area contributed by atoms with E-state index in [-0.39, 0.29) is 33.8 Å². The number of hydrogen-bond acceptors (Lipinski definition) is 5. The van der Waals surface area contributed by atoms with Crippen LogP contribution in [0, 0.1) is 13.8 Å². The van der Waals surface area contributed by atoms with Crippen molar-refractivity contribution in [3.05, 3.63) is 51.6 Å². The van der Waals surface area contributed by atoms with Gasteiger partial charge in [0.15, 0.2) is 5.78 Å². The SMILES string of the molecule is COc1cc2c(c(O)c1C)C(=O)c1c(O)cc(C)cc1C2=O. The molecule has 0 bridgehead atoms. The maximum absolute atomic E-state index is 12.7. The van der Waals surface area contributed by atoms with Crippen LogP contribution in [0.25, 0.3) is 0 Å². The molecule has 0 amide bonds. The van der Waals surface area contributed by atoms with Crippen LogP contribution in [-0.4, -0.2) is 28.9 Å². The molecule has 0 spiro atoms. The lowest BCUT2D eigenvalue weighted by molar-refractivity contribution is 0.0973. The lowest BCUT2D eigenvalue weighted by Crippen LogP contribution is -2.22. The minimum absolute atomic E-state index is 0.0667. The topological polar surface area (TPSA) is 83.8 Å². The zero-order valence-corrected chi connectivity index (χ0v) is 12.4. The minimum atomic E-state index is -0.564. The van der Waals surface area contributed by atoms with Gasteiger partial charge in [-0.05, 0) is 37.6 Å². The fraction of sp³-hybridized carbons (Fsp3) is 0.176. The van der Waals surface area contributed by atoms with Crippen molar-refractivity contribution in [3.8, 4) is 17.2 Å². The summed E-state index contributed by atoms with van der Waals surface area (Å²) in [6, 6.07) is 4.43. The van der Waals surface area contributed by atoms with E-state index in [0.717, 1.165) is 0 Å². The summed E-state index contributed by atoms with van der Waals surface area (Å²) in [5.74, 6) is -1.20. The zero-order valence-electron chi connectivity index (χ0n) is 12.4. The standard InChI is InChI=1S/C17H14O5/c1-7-4-9-13(11(18)5-7)17(21)14-10(16(9)20)6-12(22-3)8(2)15(14)19/h4-6,18-19H,1-3H3. The van der Waals surface area contributed by atoms with Crippen LogP contribution in [0.3, 0.4) is 0 Å². The van der Waals surface area contributed by atoms with Crippen LogP contribution in [0.1, 0.15) is 43.0 Å². The highest BCUT2D eigenvalue weighted by atomic mass is 16.5. The summed E-state index contributed by atoms with van der Waals surface area (Å²) >= 11 is 0. The Morgan fingerprint density at radius 1 is 0.909 bits per heavy atom. The van der Waals surface area contributed by atoms with Gasteiger partial charge in [-0.1, -0.05) is 0 Å². The highest BCUT2D eigenvalue weighted by Crippen LogP contribution is 2.41. The number of carbonyl (C=O) groups is 2. The molecular formula is C17H14O5. The van der Waals surface area contributed by atoms with Crippen LogP contribution in [0.5, 0.6) is 17.2 Å². The van der Waals surface area contributed by atoms with Gasteiger partial charge in [-0.2, -0.15) is 0 Å². The Balaban J connectivity index is 2.39. The molecule has 1 aliphatic carbocycles. The van der Waals surface area contributed by atoms with E-state index in [1.54, 1.807) is 19.9 Å². The predicted molar refractivity (Wildman–Crippen MR) is 79.1 cm³/mol. The molecule has 5 nitrogen and oxygen atoms in total. The van der Waals surface area contributed by atoms with Crippen molar-refractivity contribution in [2.45, 2.75) is 13.8 Å². The number of ether oxygens (including phenoxy) is 1. The molecule has 0 saturated heterocycles. The van der Waals surface area contributed by atoms with Crippen molar-refractivity contribution >= 4 is 11.6 Å². The first-order chi connectivity index (χ1) is 10.4. The summed E-state index contributed by atoms with van der Waals surface area (Å²) in [5, 5.41) is 20.3. The van der Waals surface area contributed by atoms with Crippen molar-refractivity contribution in [2.24, 2.45) is 0 Å². The summed E-state index contributed by atoms with van der Waals surface area (Å²) in [5.41, 5.74) is 1.11. The molecule has 2 aromatic carbocycles. The molecule has 0 aliphatic heterocycles. The van der Waals surface area contributed by atoms with Gasteiger partial charge in [0.1, 0.15) is 17.2 Å². The molecule has 0 heterocycles. The van der Waals surface area contributed by atoms with Gasteiger partial charge in [0, 0.05) is 16.7 Å². The summed E-state index contributed by atoms with van der Waals surface area (Å²) in [4.78, 5) is 25.3. The Hall–Kier alpha value is -2.82. The smallest absolute Gasteiger partial charge is 0.201 e. The zero-order chi connectivity index (χ0) is 16.2. The molecule has 2 N–H and O–H groups in total. The molecule has 0 unspecified atom stereocenters. The molecule has 0 fully saturated rings. The van der Waals surface area contributed by atoms with Gasteiger partial charge in [0.2, 0.25) is 5.78 Å². The van der Waals surface area contributed by atoms with E-state index in [1.807, 2.05) is 0 Å². The normalized spacial score (nSPS) is 12.9. The van der Waals surface area contributed by atoms with E-state index in [2.05, 4.69) is 0 Å². The third-order valence-electron chi connectivity index (χ3n) is 3.93. The minimum Gasteiger partial charge on any atom is -0.507 e. The molecule has 3 rings (SSSR count). The van der Waals surface area contributed by atoms with Gasteiger partial charge >= 0.3 is 0 Å². The maximum Gasteiger partial charge on any atom is 0.201 e. The Bertz CT molecular complexity index is 849. The van der Waals surface area contributed by atoms with Crippen molar-refractivity contribution in [3.63, 3.8) is 0 Å². The molecule has 0 atom stereocenters. The summed E-state index contributed by atoms with van der Waals surface area (Å²) in [7, 11) is 1.42. The Morgan fingerprint density at radius 3 is 2.18 bits per heavy atom. The highest BCUT2D eigenvalue weighted by molar-refractivity contribution is 6.30. The maximum atomic E-state index is 12.7. The summed E-state index contributed by atoms with van der Waals surface area (Å²) < 4.78 is 5.14.